The van der Waals surface area contributed by atoms with Crippen LogP contribution >= 0.6 is 22.6 Å². The van der Waals surface area contributed by atoms with E-state index in [-0.39, 0.29) is 3.57 Å². The topological polar surface area (TPSA) is 107 Å². The van der Waals surface area contributed by atoms with Crippen LogP contribution < -0.4 is 4.74 Å². The van der Waals surface area contributed by atoms with Crippen molar-refractivity contribution in [2.24, 2.45) is 0 Å². The number of hydrogen-bond acceptors (Lipinski definition) is 6. The van der Waals surface area contributed by atoms with Crippen LogP contribution in [-0.4, -0.2) is 48.6 Å². The minimum Gasteiger partial charge on any atom is -0.434 e. The van der Waals surface area contributed by atoms with Gasteiger partial charge in [0.25, 0.3) is 10.1 Å². The Balaban J connectivity index is 1.74. The predicted octanol–water partition coefficient (Wildman–Crippen LogP) is 5.92. The third-order valence-electron chi connectivity index (χ3n) is 6.01. The van der Waals surface area contributed by atoms with Crippen molar-refractivity contribution in [2.75, 3.05) is 5.75 Å². The molecule has 0 fully saturated rings. The number of ether oxygens (including phenoxy) is 2. The SMILES string of the molecule is O=C(OC(CS(=O)(=O)O)(C(F)(F)F)C(F)(F)F)c1ccc(I)cc1OC(=O)C1c2ccccc2-c2ccccc21. The molecule has 1 aliphatic rings. The molecule has 0 radical (unpaired) electrons. The van der Waals surface area contributed by atoms with Crippen LogP contribution in [0.4, 0.5) is 26.3 Å². The van der Waals surface area contributed by atoms with Crippen LogP contribution in [0.15, 0.2) is 66.7 Å². The number of esters is 2. The molecule has 40 heavy (non-hydrogen) atoms. The van der Waals surface area contributed by atoms with Crippen molar-refractivity contribution in [3.63, 3.8) is 0 Å². The van der Waals surface area contributed by atoms with Crippen molar-refractivity contribution >= 4 is 44.6 Å². The first kappa shape index (κ1) is 29.8. The van der Waals surface area contributed by atoms with Crippen LogP contribution in [0, 0.1) is 3.57 Å². The lowest BCUT2D eigenvalue weighted by Gasteiger charge is -2.35. The standard InChI is InChI=1S/C25H15F6IO7S/c26-24(27,28)23(25(29,30)31,12-40(35,36)37)39-21(33)18-10-9-13(32)11-19(18)38-22(34)20-16-7-3-1-5-14(16)15-6-2-4-8-17(15)20/h1-11,20H,12H2,(H,35,36,37). The fourth-order valence-electron chi connectivity index (χ4n) is 4.27. The zero-order valence-corrected chi connectivity index (χ0v) is 22.6. The van der Waals surface area contributed by atoms with Gasteiger partial charge in [0.15, 0.2) is 0 Å². The Hall–Kier alpha value is -3.18. The van der Waals surface area contributed by atoms with E-state index >= 15 is 0 Å². The highest BCUT2D eigenvalue weighted by Crippen LogP contribution is 2.48. The molecular weight excluding hydrogens is 685 g/mol. The van der Waals surface area contributed by atoms with E-state index in [9.17, 15) is 44.3 Å². The molecule has 0 aliphatic heterocycles. The molecule has 1 N–H and O–H groups in total. The molecule has 0 spiro atoms. The van der Waals surface area contributed by atoms with Crippen molar-refractivity contribution in [1.82, 2.24) is 0 Å². The monoisotopic (exact) mass is 700 g/mol. The van der Waals surface area contributed by atoms with Crippen molar-refractivity contribution in [3.8, 4) is 16.9 Å². The molecule has 3 aromatic rings. The highest BCUT2D eigenvalue weighted by Gasteiger charge is 2.76. The maximum absolute atomic E-state index is 13.7. The van der Waals surface area contributed by atoms with Crippen LogP contribution in [0.5, 0.6) is 5.75 Å². The molecule has 3 aromatic carbocycles. The Labute approximate surface area is 236 Å². The first-order valence-electron chi connectivity index (χ1n) is 11.0. The highest BCUT2D eigenvalue weighted by molar-refractivity contribution is 14.1. The second-order valence-electron chi connectivity index (χ2n) is 8.61. The maximum atomic E-state index is 13.7. The summed E-state index contributed by atoms with van der Waals surface area (Å²) in [5, 5.41) is 0. The zero-order chi connectivity index (χ0) is 29.7. The number of benzene rings is 3. The van der Waals surface area contributed by atoms with E-state index in [4.69, 9.17) is 9.29 Å². The van der Waals surface area contributed by atoms with Gasteiger partial charge in [-0.2, -0.15) is 34.8 Å². The van der Waals surface area contributed by atoms with E-state index in [1.165, 1.54) is 0 Å². The molecule has 0 unspecified atom stereocenters. The second kappa shape index (κ2) is 10.3. The molecule has 0 saturated heterocycles. The van der Waals surface area contributed by atoms with Crippen molar-refractivity contribution in [2.45, 2.75) is 23.9 Å². The number of hydrogen-bond donors (Lipinski definition) is 1. The number of rotatable bonds is 6. The van der Waals surface area contributed by atoms with Crippen LogP contribution in [-0.2, 0) is 19.6 Å². The van der Waals surface area contributed by atoms with Crippen LogP contribution in [0.2, 0.25) is 0 Å². The Morgan fingerprint density at radius 2 is 1.35 bits per heavy atom. The molecule has 0 amide bonds. The number of carbonyl (C=O) groups excluding carboxylic acids is 2. The quantitative estimate of drug-likeness (QED) is 0.112. The summed E-state index contributed by atoms with van der Waals surface area (Å²) >= 11 is 1.70. The Morgan fingerprint density at radius 3 is 1.82 bits per heavy atom. The van der Waals surface area contributed by atoms with Crippen molar-refractivity contribution in [1.29, 1.82) is 0 Å². The van der Waals surface area contributed by atoms with E-state index in [2.05, 4.69) is 4.74 Å². The van der Waals surface area contributed by atoms with Gasteiger partial charge in [-0.25, -0.2) is 4.79 Å². The van der Waals surface area contributed by atoms with Gasteiger partial charge in [-0.15, -0.1) is 0 Å². The van der Waals surface area contributed by atoms with Gasteiger partial charge < -0.3 is 9.47 Å². The van der Waals surface area contributed by atoms with Crippen LogP contribution in [0.25, 0.3) is 11.1 Å². The van der Waals surface area contributed by atoms with Crippen molar-refractivity contribution in [3.05, 3.63) is 87.0 Å². The minimum atomic E-state index is -6.52. The molecule has 7 nitrogen and oxygen atoms in total. The first-order chi connectivity index (χ1) is 18.5. The number of alkyl halides is 6. The Bertz CT molecular complexity index is 1540. The lowest BCUT2D eigenvalue weighted by molar-refractivity contribution is -0.356. The van der Waals surface area contributed by atoms with Gasteiger partial charge in [-0.3, -0.25) is 9.35 Å². The summed E-state index contributed by atoms with van der Waals surface area (Å²) in [5.41, 5.74) is -4.21. The summed E-state index contributed by atoms with van der Waals surface area (Å²) in [5.74, 6) is -8.12. The van der Waals surface area contributed by atoms with E-state index in [1.807, 2.05) is 0 Å². The van der Waals surface area contributed by atoms with Gasteiger partial charge in [0.05, 0.1) is 0 Å². The molecule has 0 heterocycles. The fraction of sp³-hybridized carbons (Fsp3) is 0.200. The van der Waals surface area contributed by atoms with E-state index in [0.29, 0.717) is 22.3 Å². The lowest BCUT2D eigenvalue weighted by Crippen LogP contribution is -2.63. The predicted molar refractivity (Wildman–Crippen MR) is 135 cm³/mol. The summed E-state index contributed by atoms with van der Waals surface area (Å²) in [7, 11) is -5.98. The molecule has 0 aromatic heterocycles. The average molecular weight is 700 g/mol. The fourth-order valence-corrected chi connectivity index (χ4v) is 5.63. The smallest absolute Gasteiger partial charge is 0.434 e. The first-order valence-corrected chi connectivity index (χ1v) is 13.7. The Morgan fingerprint density at radius 1 is 0.850 bits per heavy atom. The molecular formula is C25H15F6IO7S. The second-order valence-corrected chi connectivity index (χ2v) is 11.3. The number of halogens is 7. The number of carbonyl (C=O) groups is 2. The van der Waals surface area contributed by atoms with Gasteiger partial charge in [-0.05, 0) is 63.0 Å². The Kier molecular flexibility index (Phi) is 7.70. The third-order valence-corrected chi connectivity index (χ3v) is 7.45. The minimum absolute atomic E-state index is 0.278. The maximum Gasteiger partial charge on any atom is 0.438 e. The zero-order valence-electron chi connectivity index (χ0n) is 19.6. The molecule has 15 heteroatoms. The van der Waals surface area contributed by atoms with E-state index in [0.717, 1.165) is 18.2 Å². The van der Waals surface area contributed by atoms with Gasteiger partial charge in [0.2, 0.25) is 0 Å². The molecule has 0 saturated carbocycles. The summed E-state index contributed by atoms with van der Waals surface area (Å²) in [4.78, 5) is 26.1. The van der Waals surface area contributed by atoms with Crippen molar-refractivity contribution < 1.29 is 58.4 Å². The molecule has 1 aliphatic carbocycles. The summed E-state index contributed by atoms with van der Waals surface area (Å²) in [6.07, 6.45) is -13.0. The summed E-state index contributed by atoms with van der Waals surface area (Å²) < 4.78 is 123. The molecule has 0 bridgehead atoms. The van der Waals surface area contributed by atoms with Gasteiger partial charge in [0, 0.05) is 3.57 Å². The highest BCUT2D eigenvalue weighted by atomic mass is 127. The number of fused-ring (bicyclic) bond motifs is 3. The summed E-state index contributed by atoms with van der Waals surface area (Å²) in [6, 6.07) is 16.4. The average Bonchev–Trinajstić information content (AvgIpc) is 3.16. The lowest BCUT2D eigenvalue weighted by atomic mass is 9.97. The summed E-state index contributed by atoms with van der Waals surface area (Å²) in [6.45, 7) is 0. The van der Waals surface area contributed by atoms with Gasteiger partial charge in [0.1, 0.15) is 23.0 Å². The van der Waals surface area contributed by atoms with Gasteiger partial charge >= 0.3 is 29.9 Å². The molecule has 212 valence electrons. The van der Waals surface area contributed by atoms with Gasteiger partial charge in [-0.1, -0.05) is 48.5 Å². The third kappa shape index (κ3) is 5.54. The largest absolute Gasteiger partial charge is 0.438 e. The van der Waals surface area contributed by atoms with Crippen LogP contribution in [0.1, 0.15) is 27.4 Å². The van der Waals surface area contributed by atoms with Crippen LogP contribution in [0.3, 0.4) is 0 Å². The normalized spacial score (nSPS) is 13.9. The molecule has 0 atom stereocenters. The molecule has 4 rings (SSSR count). The van der Waals surface area contributed by atoms with E-state index in [1.54, 1.807) is 71.1 Å². The van der Waals surface area contributed by atoms with E-state index < -0.39 is 63.0 Å².